The number of halogens is 2. The third-order valence-electron chi connectivity index (χ3n) is 3.32. The van der Waals surface area contributed by atoms with Crippen LogP contribution in [0, 0.1) is 0 Å². The van der Waals surface area contributed by atoms with E-state index in [0.717, 1.165) is 25.1 Å². The van der Waals surface area contributed by atoms with Gasteiger partial charge in [0.15, 0.2) is 5.82 Å². The third-order valence-corrected chi connectivity index (χ3v) is 3.64. The number of rotatable bonds is 3. The van der Waals surface area contributed by atoms with Gasteiger partial charge in [-0.05, 0) is 31.5 Å². The molecule has 1 saturated heterocycles. The average molecular weight is 327 g/mol. The van der Waals surface area contributed by atoms with Gasteiger partial charge in [-0.2, -0.15) is 5.10 Å². The second-order valence-corrected chi connectivity index (χ2v) is 5.14. The van der Waals surface area contributed by atoms with E-state index in [-0.39, 0.29) is 24.4 Å². The molecule has 1 aromatic heterocycles. The molecular weight excluding hydrogens is 311 g/mol. The highest BCUT2D eigenvalue weighted by molar-refractivity contribution is 6.32. The smallest absolute Gasteiger partial charge is 0.242 e. The second kappa shape index (κ2) is 6.93. The highest BCUT2D eigenvalue weighted by atomic mass is 35.5. The van der Waals surface area contributed by atoms with Crippen LogP contribution < -0.4 is 10.6 Å². The van der Waals surface area contributed by atoms with Crippen LogP contribution in [0.25, 0.3) is 5.69 Å². The fourth-order valence-electron chi connectivity index (χ4n) is 2.28. The summed E-state index contributed by atoms with van der Waals surface area (Å²) in [7, 11) is 0. The number of nitrogens with one attached hydrogen (secondary N) is 2. The number of benzene rings is 1. The summed E-state index contributed by atoms with van der Waals surface area (Å²) in [5.74, 6) is 0.496. The second-order valence-electron chi connectivity index (χ2n) is 4.74. The molecule has 1 aliphatic heterocycles. The maximum absolute atomic E-state index is 12.0. The standard InChI is InChI=1S/C14H15ClN4O.ClH/c15-10-4-1-2-6-12(10)19-9-7-13(18-19)17-14(20)11-5-3-8-16-11;/h1-2,4,6-7,9,11,16H,3,5,8H2,(H,17,18,20);1H. The molecule has 2 aromatic rings. The first-order chi connectivity index (χ1) is 9.74. The lowest BCUT2D eigenvalue weighted by Crippen LogP contribution is -2.35. The molecular formula is C14H16Cl2N4O. The SMILES string of the molecule is Cl.O=C(Nc1ccn(-c2ccccc2Cl)n1)C1CCCN1. The van der Waals surface area contributed by atoms with Crippen LogP contribution in [0.4, 0.5) is 5.82 Å². The van der Waals surface area contributed by atoms with E-state index >= 15 is 0 Å². The monoisotopic (exact) mass is 326 g/mol. The summed E-state index contributed by atoms with van der Waals surface area (Å²) >= 11 is 6.12. The number of carbonyl (C=O) groups is 1. The molecule has 3 rings (SSSR count). The lowest BCUT2D eigenvalue weighted by molar-refractivity contribution is -0.117. The van der Waals surface area contributed by atoms with Crippen molar-refractivity contribution in [1.82, 2.24) is 15.1 Å². The average Bonchev–Trinajstić information content (AvgIpc) is 3.10. The first kappa shape index (κ1) is 15.8. The zero-order valence-corrected chi connectivity index (χ0v) is 12.8. The van der Waals surface area contributed by atoms with Crippen molar-refractivity contribution in [2.45, 2.75) is 18.9 Å². The van der Waals surface area contributed by atoms with Crippen molar-refractivity contribution in [2.24, 2.45) is 0 Å². The number of aromatic nitrogens is 2. The number of anilines is 1. The predicted octanol–water partition coefficient (Wildman–Crippen LogP) is 2.64. The molecule has 0 saturated carbocycles. The van der Waals surface area contributed by atoms with Crippen molar-refractivity contribution in [1.29, 1.82) is 0 Å². The quantitative estimate of drug-likeness (QED) is 0.911. The van der Waals surface area contributed by atoms with E-state index < -0.39 is 0 Å². The van der Waals surface area contributed by atoms with Crippen LogP contribution >= 0.6 is 24.0 Å². The van der Waals surface area contributed by atoms with Crippen LogP contribution in [-0.4, -0.2) is 28.3 Å². The molecule has 1 fully saturated rings. The lowest BCUT2D eigenvalue weighted by atomic mass is 10.2. The predicted molar refractivity (Wildman–Crippen MR) is 85.5 cm³/mol. The summed E-state index contributed by atoms with van der Waals surface area (Å²) in [5, 5.41) is 10.9. The molecule has 1 unspecified atom stereocenters. The molecule has 0 spiro atoms. The number of hydrogen-bond acceptors (Lipinski definition) is 3. The van der Waals surface area contributed by atoms with E-state index in [1.54, 1.807) is 23.0 Å². The fraction of sp³-hybridized carbons (Fsp3) is 0.286. The Balaban J connectivity index is 0.00000161. The van der Waals surface area contributed by atoms with Gasteiger partial charge in [0.2, 0.25) is 5.91 Å². The summed E-state index contributed by atoms with van der Waals surface area (Å²) in [6, 6.07) is 9.09. The number of para-hydroxylation sites is 1. The van der Waals surface area contributed by atoms with Crippen LogP contribution in [0.15, 0.2) is 36.5 Å². The first-order valence-corrected chi connectivity index (χ1v) is 6.96. The van der Waals surface area contributed by atoms with E-state index in [2.05, 4.69) is 15.7 Å². The van der Waals surface area contributed by atoms with Gasteiger partial charge in [-0.25, -0.2) is 4.68 Å². The van der Waals surface area contributed by atoms with Crippen molar-refractivity contribution in [3.63, 3.8) is 0 Å². The van der Waals surface area contributed by atoms with E-state index in [0.29, 0.717) is 10.8 Å². The van der Waals surface area contributed by atoms with Gasteiger partial charge in [0.25, 0.3) is 0 Å². The molecule has 1 atom stereocenters. The Hall–Kier alpha value is -1.56. The van der Waals surface area contributed by atoms with Crippen molar-refractivity contribution in [3.05, 3.63) is 41.6 Å². The minimum absolute atomic E-state index is 0. The summed E-state index contributed by atoms with van der Waals surface area (Å²) in [4.78, 5) is 12.0. The van der Waals surface area contributed by atoms with Crippen LogP contribution in [0.1, 0.15) is 12.8 Å². The number of carbonyl (C=O) groups excluding carboxylic acids is 1. The van der Waals surface area contributed by atoms with Gasteiger partial charge in [0, 0.05) is 12.3 Å². The summed E-state index contributed by atoms with van der Waals surface area (Å²) in [6.07, 6.45) is 3.68. The van der Waals surface area contributed by atoms with E-state index in [1.165, 1.54) is 0 Å². The minimum atomic E-state index is -0.111. The lowest BCUT2D eigenvalue weighted by Gasteiger charge is -2.09. The Morgan fingerprint density at radius 2 is 2.19 bits per heavy atom. The normalized spacial score (nSPS) is 17.3. The number of nitrogens with zero attached hydrogens (tertiary/aromatic N) is 2. The zero-order chi connectivity index (χ0) is 13.9. The number of amides is 1. The van der Waals surface area contributed by atoms with Gasteiger partial charge in [-0.3, -0.25) is 4.79 Å². The molecule has 7 heteroatoms. The molecule has 2 N–H and O–H groups in total. The highest BCUT2D eigenvalue weighted by Crippen LogP contribution is 2.20. The molecule has 0 radical (unpaired) electrons. The molecule has 1 aliphatic rings. The Morgan fingerprint density at radius 3 is 2.90 bits per heavy atom. The molecule has 1 amide bonds. The van der Waals surface area contributed by atoms with Crippen LogP contribution in [0.5, 0.6) is 0 Å². The van der Waals surface area contributed by atoms with Crippen LogP contribution in [-0.2, 0) is 4.79 Å². The van der Waals surface area contributed by atoms with E-state index in [1.807, 2.05) is 18.2 Å². The molecule has 2 heterocycles. The van der Waals surface area contributed by atoms with Crippen molar-refractivity contribution >= 4 is 35.7 Å². The van der Waals surface area contributed by atoms with E-state index in [4.69, 9.17) is 11.6 Å². The van der Waals surface area contributed by atoms with Gasteiger partial charge < -0.3 is 10.6 Å². The molecule has 21 heavy (non-hydrogen) atoms. The molecule has 1 aromatic carbocycles. The zero-order valence-electron chi connectivity index (χ0n) is 11.3. The van der Waals surface area contributed by atoms with Gasteiger partial charge in [-0.15, -0.1) is 12.4 Å². The Morgan fingerprint density at radius 1 is 1.38 bits per heavy atom. The van der Waals surface area contributed by atoms with Crippen LogP contribution in [0.2, 0.25) is 5.02 Å². The summed E-state index contributed by atoms with van der Waals surface area (Å²) < 4.78 is 1.65. The fourth-order valence-corrected chi connectivity index (χ4v) is 2.51. The van der Waals surface area contributed by atoms with Crippen molar-refractivity contribution in [3.8, 4) is 5.69 Å². The summed E-state index contributed by atoms with van der Waals surface area (Å²) in [5.41, 5.74) is 0.786. The van der Waals surface area contributed by atoms with Gasteiger partial charge >= 0.3 is 0 Å². The summed E-state index contributed by atoms with van der Waals surface area (Å²) in [6.45, 7) is 0.895. The van der Waals surface area contributed by atoms with E-state index in [9.17, 15) is 4.79 Å². The van der Waals surface area contributed by atoms with Gasteiger partial charge in [-0.1, -0.05) is 23.7 Å². The van der Waals surface area contributed by atoms with Crippen molar-refractivity contribution < 1.29 is 4.79 Å². The topological polar surface area (TPSA) is 59.0 Å². The van der Waals surface area contributed by atoms with Gasteiger partial charge in [0.1, 0.15) is 0 Å². The Kier molecular flexibility index (Phi) is 5.22. The van der Waals surface area contributed by atoms with Gasteiger partial charge in [0.05, 0.1) is 16.8 Å². The molecule has 0 bridgehead atoms. The first-order valence-electron chi connectivity index (χ1n) is 6.59. The maximum atomic E-state index is 12.0. The molecule has 5 nitrogen and oxygen atoms in total. The Bertz CT molecular complexity index is 623. The number of hydrogen-bond donors (Lipinski definition) is 2. The highest BCUT2D eigenvalue weighted by Gasteiger charge is 2.22. The minimum Gasteiger partial charge on any atom is -0.308 e. The van der Waals surface area contributed by atoms with Crippen LogP contribution in [0.3, 0.4) is 0 Å². The van der Waals surface area contributed by atoms with Crippen molar-refractivity contribution in [2.75, 3.05) is 11.9 Å². The molecule has 0 aliphatic carbocycles. The largest absolute Gasteiger partial charge is 0.308 e. The third kappa shape index (κ3) is 3.56. The maximum Gasteiger partial charge on any atom is 0.242 e. The molecule has 112 valence electrons. The Labute approximate surface area is 134 Å².